The van der Waals surface area contributed by atoms with E-state index in [2.05, 4.69) is 62.5 Å². The van der Waals surface area contributed by atoms with Crippen LogP contribution < -0.4 is 5.11 Å². The number of carboxylic acids is 1. The van der Waals surface area contributed by atoms with E-state index in [-0.39, 0.29) is 49.1 Å². The fraction of sp³-hybridized carbons (Fsp3) is 0.596. The molecule has 0 aromatic rings. The van der Waals surface area contributed by atoms with Gasteiger partial charge in [0.2, 0.25) is 0 Å². The number of carboxylic acid groups (broad SMARTS) is 1. The maximum Gasteiger partial charge on any atom is 0.306 e. The molecule has 2 unspecified atom stereocenters. The van der Waals surface area contributed by atoms with E-state index in [0.29, 0.717) is 12.8 Å². The van der Waals surface area contributed by atoms with Crippen LogP contribution in [0.5, 0.6) is 0 Å². The lowest BCUT2D eigenvalue weighted by molar-refractivity contribution is -0.889. The summed E-state index contributed by atoms with van der Waals surface area (Å²) in [4.78, 5) is 37.0. The Hall–Kier alpha value is -4.27. The molecule has 0 saturated heterocycles. The quantitative estimate of drug-likeness (QED) is 0.0197. The summed E-state index contributed by atoms with van der Waals surface area (Å²) in [5.74, 6) is -1.82. The van der Waals surface area contributed by atoms with Crippen molar-refractivity contribution in [3.05, 3.63) is 122 Å². The predicted molar refractivity (Wildman–Crippen MR) is 272 cm³/mol. The molecule has 8 nitrogen and oxygen atoms in total. The zero-order chi connectivity index (χ0) is 47.7. The van der Waals surface area contributed by atoms with Crippen molar-refractivity contribution in [2.45, 2.75) is 180 Å². The molecule has 0 aliphatic carbocycles. The topological polar surface area (TPSA) is 102 Å². The number of hydrogen-bond acceptors (Lipinski definition) is 7. The second kappa shape index (κ2) is 46.3. The van der Waals surface area contributed by atoms with Gasteiger partial charge in [-0.2, -0.15) is 0 Å². The Morgan fingerprint density at radius 2 is 0.923 bits per heavy atom. The summed E-state index contributed by atoms with van der Waals surface area (Å²) in [5.41, 5.74) is 0. The predicted octanol–water partition coefficient (Wildman–Crippen LogP) is 13.2. The summed E-state index contributed by atoms with van der Waals surface area (Å²) < 4.78 is 17.2. The molecule has 0 bridgehead atoms. The molecule has 0 amide bonds. The molecule has 0 spiro atoms. The van der Waals surface area contributed by atoms with Gasteiger partial charge in [0.15, 0.2) is 6.10 Å². The van der Waals surface area contributed by atoms with Gasteiger partial charge in [-0.3, -0.25) is 9.59 Å². The second-order valence-corrected chi connectivity index (χ2v) is 17.5. The van der Waals surface area contributed by atoms with Crippen molar-refractivity contribution in [1.82, 2.24) is 0 Å². The molecule has 0 aromatic carbocycles. The highest BCUT2D eigenvalue weighted by molar-refractivity contribution is 5.70. The van der Waals surface area contributed by atoms with Gasteiger partial charge in [-0.25, -0.2) is 0 Å². The van der Waals surface area contributed by atoms with E-state index in [9.17, 15) is 19.5 Å². The van der Waals surface area contributed by atoms with Crippen molar-refractivity contribution in [3.63, 3.8) is 0 Å². The Labute approximate surface area is 397 Å². The number of unbranched alkanes of at least 4 members (excludes halogenated alkanes) is 15. The smallest absolute Gasteiger partial charge is 0.306 e. The zero-order valence-corrected chi connectivity index (χ0v) is 41.6. The average Bonchev–Trinajstić information content (AvgIpc) is 3.27. The van der Waals surface area contributed by atoms with Crippen LogP contribution in [-0.2, 0) is 28.6 Å². The molecule has 0 saturated carbocycles. The number of rotatable bonds is 43. The number of hydrogen-bond donors (Lipinski definition) is 0. The third-order valence-corrected chi connectivity index (χ3v) is 10.5. The van der Waals surface area contributed by atoms with Gasteiger partial charge < -0.3 is 28.6 Å². The van der Waals surface area contributed by atoms with E-state index in [0.717, 1.165) is 64.2 Å². The van der Waals surface area contributed by atoms with Crippen LogP contribution in [0.2, 0.25) is 0 Å². The van der Waals surface area contributed by atoms with Gasteiger partial charge in [-0.1, -0.05) is 200 Å². The lowest BCUT2D eigenvalue weighted by Crippen LogP contribution is -2.55. The zero-order valence-electron chi connectivity index (χ0n) is 41.6. The average molecular weight is 902 g/mol. The maximum atomic E-state index is 12.8. The number of aliphatic carboxylic acids is 1. The third-order valence-electron chi connectivity index (χ3n) is 10.5. The Bertz CT molecular complexity index is 1470. The number of esters is 2. The van der Waals surface area contributed by atoms with Crippen LogP contribution >= 0.6 is 0 Å². The van der Waals surface area contributed by atoms with Crippen LogP contribution in [-0.4, -0.2) is 75.5 Å². The minimum atomic E-state index is -1.14. The molecule has 2 atom stereocenters. The van der Waals surface area contributed by atoms with E-state index in [1.807, 2.05) is 72.9 Å². The maximum absolute atomic E-state index is 12.8. The minimum Gasteiger partial charge on any atom is -0.544 e. The number of nitrogens with zero attached hydrogens (tertiary/aromatic N) is 1. The Balaban J connectivity index is 4.39. The van der Waals surface area contributed by atoms with Gasteiger partial charge in [0.1, 0.15) is 12.6 Å². The molecular weight excluding hydrogens is 811 g/mol. The van der Waals surface area contributed by atoms with Gasteiger partial charge >= 0.3 is 11.9 Å². The molecule has 0 N–H and O–H groups in total. The first-order valence-corrected chi connectivity index (χ1v) is 25.2. The summed E-state index contributed by atoms with van der Waals surface area (Å²) in [5, 5.41) is 11.7. The first kappa shape index (κ1) is 60.7. The molecule has 366 valence electrons. The summed E-state index contributed by atoms with van der Waals surface area (Å²) in [6, 6.07) is -0.744. The van der Waals surface area contributed by atoms with Crippen LogP contribution in [0.4, 0.5) is 0 Å². The fourth-order valence-electron chi connectivity index (χ4n) is 6.65. The minimum absolute atomic E-state index is 0.0113. The van der Waals surface area contributed by atoms with Gasteiger partial charge in [-0.05, 0) is 70.6 Å². The molecule has 0 aromatic heterocycles. The van der Waals surface area contributed by atoms with Gasteiger partial charge in [0, 0.05) is 19.3 Å². The summed E-state index contributed by atoms with van der Waals surface area (Å²) >= 11 is 0. The summed E-state index contributed by atoms with van der Waals surface area (Å²) in [6.07, 6.45) is 65.1. The normalized spacial score (nSPS) is 13.9. The number of quaternary nitrogens is 1. The van der Waals surface area contributed by atoms with E-state index >= 15 is 0 Å². The summed E-state index contributed by atoms with van der Waals surface area (Å²) in [6.45, 7) is 4.42. The number of carbonyl (C=O) groups excluding carboxylic acids is 3. The van der Waals surface area contributed by atoms with Crippen LogP contribution in [0.1, 0.15) is 168 Å². The molecule has 0 heterocycles. The monoisotopic (exact) mass is 902 g/mol. The van der Waals surface area contributed by atoms with Crippen LogP contribution in [0.3, 0.4) is 0 Å². The Morgan fingerprint density at radius 3 is 1.43 bits per heavy atom. The highest BCUT2D eigenvalue weighted by Gasteiger charge is 2.25. The van der Waals surface area contributed by atoms with E-state index in [1.54, 1.807) is 21.1 Å². The summed E-state index contributed by atoms with van der Waals surface area (Å²) in [7, 11) is 5.38. The van der Waals surface area contributed by atoms with Crippen molar-refractivity contribution in [2.75, 3.05) is 41.0 Å². The lowest BCUT2D eigenvalue weighted by Gasteiger charge is -2.34. The van der Waals surface area contributed by atoms with Gasteiger partial charge in [0.05, 0.1) is 40.3 Å². The van der Waals surface area contributed by atoms with Crippen LogP contribution in [0, 0.1) is 0 Å². The highest BCUT2D eigenvalue weighted by Crippen LogP contribution is 2.14. The van der Waals surface area contributed by atoms with E-state index in [1.165, 1.54) is 64.2 Å². The first-order valence-electron chi connectivity index (χ1n) is 25.2. The molecule has 0 radical (unpaired) electrons. The van der Waals surface area contributed by atoms with Crippen LogP contribution in [0.25, 0.3) is 0 Å². The standard InChI is InChI=1S/C57H91NO7/c1-6-8-10-12-14-16-18-20-22-24-26-27-28-30-31-33-35-37-39-41-43-45-47-55(59)64-52-53(51-63-50-49-54(57(61)62)58(3,4)5)65-56(60)48-46-44-42-40-38-36-34-32-29-25-23-21-19-17-15-13-11-9-7-2/h9,11,13-17,19-23,25-27,29,32,34,36,38,53-54H,6-8,10,12,18,24,28,30-31,33,35,37,39-52H2,1-5H3/b11-9+,15-13+,16-14+,19-17+,22-20+,23-21+,27-26+,29-25+,34-32+,38-36+. The molecular formula is C57H91NO7. The lowest BCUT2D eigenvalue weighted by atomic mass is 10.1. The van der Waals surface area contributed by atoms with E-state index < -0.39 is 18.1 Å². The molecule has 0 rings (SSSR count). The van der Waals surface area contributed by atoms with Crippen molar-refractivity contribution in [2.24, 2.45) is 0 Å². The first-order chi connectivity index (χ1) is 31.6. The molecule has 65 heavy (non-hydrogen) atoms. The van der Waals surface area contributed by atoms with Crippen molar-refractivity contribution >= 4 is 17.9 Å². The van der Waals surface area contributed by atoms with Crippen molar-refractivity contribution < 1.29 is 38.2 Å². The second-order valence-electron chi connectivity index (χ2n) is 17.5. The van der Waals surface area contributed by atoms with Crippen molar-refractivity contribution in [1.29, 1.82) is 0 Å². The molecule has 0 aliphatic rings. The van der Waals surface area contributed by atoms with Crippen molar-refractivity contribution in [3.8, 4) is 0 Å². The third kappa shape index (κ3) is 44.7. The number of ether oxygens (including phenoxy) is 3. The number of allylic oxidation sites excluding steroid dienone is 20. The SMILES string of the molecule is CC/C=C/C=C/C=C/C=C/C=C/C=C/C=C/CCCCCC(=O)OC(COCCC(C(=O)[O-])[N+](C)(C)C)COC(=O)CCCCCCCCCCC/C=C/C/C=C/C/C=C/CCCCC. The molecule has 0 aliphatic heterocycles. The largest absolute Gasteiger partial charge is 0.544 e. The fourth-order valence-corrected chi connectivity index (χ4v) is 6.65. The van der Waals surface area contributed by atoms with Crippen LogP contribution in [0.15, 0.2) is 122 Å². The van der Waals surface area contributed by atoms with Gasteiger partial charge in [-0.15, -0.1) is 0 Å². The Morgan fingerprint density at radius 1 is 0.492 bits per heavy atom. The molecule has 0 fully saturated rings. The van der Waals surface area contributed by atoms with Gasteiger partial charge in [0.25, 0.3) is 0 Å². The molecule has 8 heteroatoms. The number of carbonyl (C=O) groups is 3. The van der Waals surface area contributed by atoms with E-state index in [4.69, 9.17) is 14.2 Å². The number of likely N-dealkylation sites (N-methyl/N-ethyl adjacent to an activating group) is 1. The Kier molecular flexibility index (Phi) is 43.2. The highest BCUT2D eigenvalue weighted by atomic mass is 16.6.